The highest BCUT2D eigenvalue weighted by Crippen LogP contribution is 2.21. The molecule has 5 nitrogen and oxygen atoms in total. The number of hydrogen-bond acceptors (Lipinski definition) is 4. The van der Waals surface area contributed by atoms with Crippen LogP contribution in [0.2, 0.25) is 0 Å². The zero-order valence-corrected chi connectivity index (χ0v) is 10.5. The number of carbonyl (C=O) groups excluding carboxylic acids is 1. The molecular weight excluding hydrogens is 260 g/mol. The lowest BCUT2D eigenvalue weighted by molar-refractivity contribution is 0.0468. The number of esters is 1. The van der Waals surface area contributed by atoms with Gasteiger partial charge in [0, 0.05) is 0 Å². The van der Waals surface area contributed by atoms with Gasteiger partial charge >= 0.3 is 11.9 Å². The van der Waals surface area contributed by atoms with Crippen LogP contribution in [0.15, 0.2) is 36.4 Å². The highest BCUT2D eigenvalue weighted by atomic mass is 16.6. The van der Waals surface area contributed by atoms with Crippen molar-refractivity contribution in [3.8, 4) is 0 Å². The van der Waals surface area contributed by atoms with Crippen LogP contribution in [0.25, 0.3) is 10.8 Å². The van der Waals surface area contributed by atoms with Gasteiger partial charge in [-0.3, -0.25) is 0 Å². The molecule has 102 valence electrons. The maximum absolute atomic E-state index is 12.0. The molecule has 1 aliphatic rings. The monoisotopic (exact) mass is 272 g/mol. The highest BCUT2D eigenvalue weighted by molar-refractivity contribution is 6.06. The fourth-order valence-electron chi connectivity index (χ4n) is 2.00. The predicted molar refractivity (Wildman–Crippen MR) is 70.9 cm³/mol. The molecule has 1 heterocycles. The van der Waals surface area contributed by atoms with Gasteiger partial charge in [0.05, 0.1) is 17.7 Å². The Hall–Kier alpha value is -2.40. The summed E-state index contributed by atoms with van der Waals surface area (Å²) in [4.78, 5) is 23.3. The molecule has 1 atom stereocenters. The van der Waals surface area contributed by atoms with E-state index in [2.05, 4.69) is 0 Å². The van der Waals surface area contributed by atoms with Crippen molar-refractivity contribution in [1.82, 2.24) is 0 Å². The molecule has 0 aliphatic carbocycles. The Morgan fingerprint density at radius 3 is 2.35 bits per heavy atom. The molecule has 0 aromatic heterocycles. The maximum Gasteiger partial charge on any atom is 0.339 e. The van der Waals surface area contributed by atoms with Crippen LogP contribution in [0, 0.1) is 0 Å². The summed E-state index contributed by atoms with van der Waals surface area (Å²) < 4.78 is 10.0. The fraction of sp³-hybridized carbons (Fsp3) is 0.200. The number of carboxylic acids is 1. The third kappa shape index (κ3) is 2.48. The third-order valence-corrected chi connectivity index (χ3v) is 3.14. The lowest BCUT2D eigenvalue weighted by atomic mass is 10.0. The van der Waals surface area contributed by atoms with Gasteiger partial charge in [0.2, 0.25) is 0 Å². The molecular formula is C15H12O5. The summed E-state index contributed by atoms with van der Waals surface area (Å²) in [6, 6.07) is 10.3. The Morgan fingerprint density at radius 2 is 1.80 bits per heavy atom. The van der Waals surface area contributed by atoms with Crippen LogP contribution < -0.4 is 0 Å². The van der Waals surface area contributed by atoms with Crippen molar-refractivity contribution in [3.05, 3.63) is 47.5 Å². The van der Waals surface area contributed by atoms with Gasteiger partial charge in [-0.05, 0) is 22.9 Å². The van der Waals surface area contributed by atoms with Gasteiger partial charge in [-0.2, -0.15) is 0 Å². The standard InChI is InChI=1S/C15H12O5/c16-14(17)12-5-9-3-1-2-4-10(9)6-13(12)15(18)20-8-11-7-19-11/h1-6,11H,7-8H2,(H,16,17). The van der Waals surface area contributed by atoms with Crippen LogP contribution in [0.3, 0.4) is 0 Å². The van der Waals surface area contributed by atoms with Crippen LogP contribution >= 0.6 is 0 Å². The number of ether oxygens (including phenoxy) is 2. The lowest BCUT2D eigenvalue weighted by Gasteiger charge is -2.08. The Kier molecular flexibility index (Phi) is 3.12. The van der Waals surface area contributed by atoms with Gasteiger partial charge in [-0.25, -0.2) is 9.59 Å². The Morgan fingerprint density at radius 1 is 1.20 bits per heavy atom. The quantitative estimate of drug-likeness (QED) is 0.681. The molecule has 5 heteroatoms. The lowest BCUT2D eigenvalue weighted by Crippen LogP contribution is -2.14. The first-order valence-corrected chi connectivity index (χ1v) is 6.20. The van der Waals surface area contributed by atoms with E-state index in [4.69, 9.17) is 9.47 Å². The SMILES string of the molecule is O=C(O)c1cc2ccccc2cc1C(=O)OCC1CO1. The Labute approximate surface area is 114 Å². The molecule has 2 aromatic rings. The van der Waals surface area contributed by atoms with E-state index in [0.717, 1.165) is 10.8 Å². The van der Waals surface area contributed by atoms with Gasteiger partial charge in [0.25, 0.3) is 0 Å². The van der Waals surface area contributed by atoms with Crippen molar-refractivity contribution in [2.75, 3.05) is 13.2 Å². The van der Waals surface area contributed by atoms with E-state index in [1.807, 2.05) is 18.2 Å². The van der Waals surface area contributed by atoms with Crippen LogP contribution in [-0.2, 0) is 9.47 Å². The van der Waals surface area contributed by atoms with Crippen molar-refractivity contribution >= 4 is 22.7 Å². The smallest absolute Gasteiger partial charge is 0.339 e. The van der Waals surface area contributed by atoms with E-state index in [-0.39, 0.29) is 23.8 Å². The number of rotatable bonds is 4. The molecule has 2 aromatic carbocycles. The molecule has 0 spiro atoms. The average molecular weight is 272 g/mol. The van der Waals surface area contributed by atoms with E-state index in [1.54, 1.807) is 12.1 Å². The van der Waals surface area contributed by atoms with Crippen molar-refractivity contribution < 1.29 is 24.2 Å². The molecule has 0 radical (unpaired) electrons. The summed E-state index contributed by atoms with van der Waals surface area (Å²) in [6.07, 6.45) is -0.0484. The Balaban J connectivity index is 1.99. The summed E-state index contributed by atoms with van der Waals surface area (Å²) >= 11 is 0. The van der Waals surface area contributed by atoms with Gasteiger partial charge in [0.1, 0.15) is 12.7 Å². The number of epoxide rings is 1. The van der Waals surface area contributed by atoms with Crippen molar-refractivity contribution in [1.29, 1.82) is 0 Å². The molecule has 1 N–H and O–H groups in total. The second-order valence-electron chi connectivity index (χ2n) is 4.60. The molecule has 0 saturated carbocycles. The highest BCUT2D eigenvalue weighted by Gasteiger charge is 2.26. The number of aromatic carboxylic acids is 1. The summed E-state index contributed by atoms with van der Waals surface area (Å²) in [7, 11) is 0. The summed E-state index contributed by atoms with van der Waals surface area (Å²) in [5.41, 5.74) is 0.0160. The van der Waals surface area contributed by atoms with Crippen molar-refractivity contribution in [3.63, 3.8) is 0 Å². The van der Waals surface area contributed by atoms with E-state index in [9.17, 15) is 14.7 Å². The number of carboxylic acid groups (broad SMARTS) is 1. The van der Waals surface area contributed by atoms with Gasteiger partial charge in [0.15, 0.2) is 0 Å². The molecule has 1 fully saturated rings. The minimum Gasteiger partial charge on any atom is -0.478 e. The maximum atomic E-state index is 12.0. The molecule has 1 saturated heterocycles. The van der Waals surface area contributed by atoms with Gasteiger partial charge in [-0.1, -0.05) is 24.3 Å². The van der Waals surface area contributed by atoms with Crippen molar-refractivity contribution in [2.24, 2.45) is 0 Å². The first-order valence-electron chi connectivity index (χ1n) is 6.20. The predicted octanol–water partition coefficient (Wildman–Crippen LogP) is 2.09. The molecule has 3 rings (SSSR count). The minimum atomic E-state index is -1.15. The first kappa shape index (κ1) is 12.6. The number of hydrogen-bond donors (Lipinski definition) is 1. The average Bonchev–Trinajstić information content (AvgIpc) is 3.27. The van der Waals surface area contributed by atoms with Crippen LogP contribution in [0.1, 0.15) is 20.7 Å². The molecule has 0 bridgehead atoms. The number of carbonyl (C=O) groups is 2. The number of fused-ring (bicyclic) bond motifs is 1. The normalized spacial score (nSPS) is 16.9. The van der Waals surface area contributed by atoms with E-state index in [0.29, 0.717) is 6.61 Å². The van der Waals surface area contributed by atoms with Crippen molar-refractivity contribution in [2.45, 2.75) is 6.10 Å². The summed E-state index contributed by atoms with van der Waals surface area (Å²) in [5, 5.41) is 10.8. The van der Waals surface area contributed by atoms with Crippen LogP contribution in [0.4, 0.5) is 0 Å². The third-order valence-electron chi connectivity index (χ3n) is 3.14. The largest absolute Gasteiger partial charge is 0.478 e. The van der Waals surface area contributed by atoms with E-state index in [1.165, 1.54) is 6.07 Å². The zero-order chi connectivity index (χ0) is 14.1. The second-order valence-corrected chi connectivity index (χ2v) is 4.60. The fourth-order valence-corrected chi connectivity index (χ4v) is 2.00. The van der Waals surface area contributed by atoms with Crippen LogP contribution in [0.5, 0.6) is 0 Å². The zero-order valence-electron chi connectivity index (χ0n) is 10.5. The number of benzene rings is 2. The van der Waals surface area contributed by atoms with Gasteiger partial charge in [-0.15, -0.1) is 0 Å². The van der Waals surface area contributed by atoms with Crippen LogP contribution in [-0.4, -0.2) is 36.4 Å². The molecule has 1 aliphatic heterocycles. The second kappa shape index (κ2) is 4.94. The van der Waals surface area contributed by atoms with E-state index >= 15 is 0 Å². The molecule has 0 amide bonds. The molecule has 1 unspecified atom stereocenters. The summed E-state index contributed by atoms with van der Waals surface area (Å²) in [5.74, 6) is -1.78. The summed E-state index contributed by atoms with van der Waals surface area (Å²) in [6.45, 7) is 0.738. The Bertz CT molecular complexity index is 688. The van der Waals surface area contributed by atoms with E-state index < -0.39 is 11.9 Å². The molecule has 20 heavy (non-hydrogen) atoms. The first-order chi connectivity index (χ1) is 9.65. The topological polar surface area (TPSA) is 76.1 Å². The van der Waals surface area contributed by atoms with Gasteiger partial charge < -0.3 is 14.6 Å². The minimum absolute atomic E-state index is 0.0484.